The Kier molecular flexibility index (Phi) is 5.04. The molecule has 1 amide bonds. The van der Waals surface area contributed by atoms with Crippen molar-refractivity contribution < 1.29 is 14.3 Å². The fourth-order valence-electron chi connectivity index (χ4n) is 1.74. The van der Waals surface area contributed by atoms with Crippen LogP contribution in [0, 0.1) is 0 Å². The molecule has 2 aromatic rings. The topological polar surface area (TPSA) is 86.1 Å². The molecule has 1 N–H and O–H groups in total. The van der Waals surface area contributed by atoms with Gasteiger partial charge >= 0.3 is 5.97 Å². The van der Waals surface area contributed by atoms with Gasteiger partial charge in [0.2, 0.25) is 0 Å². The van der Waals surface area contributed by atoms with E-state index in [9.17, 15) is 9.59 Å². The van der Waals surface area contributed by atoms with Crippen molar-refractivity contribution >= 4 is 28.3 Å². The molecule has 0 unspecified atom stereocenters. The highest BCUT2D eigenvalue weighted by Crippen LogP contribution is 2.17. The van der Waals surface area contributed by atoms with Crippen LogP contribution in [0.15, 0.2) is 17.6 Å². The van der Waals surface area contributed by atoms with E-state index in [2.05, 4.69) is 15.4 Å². The molecule has 2 rings (SSSR count). The van der Waals surface area contributed by atoms with Crippen LogP contribution in [0.4, 0.5) is 5.13 Å². The van der Waals surface area contributed by atoms with Gasteiger partial charge in [-0.2, -0.15) is 5.10 Å². The maximum absolute atomic E-state index is 12.1. The Balaban J connectivity index is 1.99. The molecule has 2 aromatic heterocycles. The number of esters is 1. The number of thiazole rings is 1. The van der Waals surface area contributed by atoms with Crippen molar-refractivity contribution in [1.82, 2.24) is 14.8 Å². The summed E-state index contributed by atoms with van der Waals surface area (Å²) in [4.78, 5) is 27.6. The van der Waals surface area contributed by atoms with Crippen LogP contribution in [0.1, 0.15) is 30.0 Å². The number of carbonyl (C=O) groups excluding carboxylic acids is 2. The fourth-order valence-corrected chi connectivity index (χ4v) is 2.45. The van der Waals surface area contributed by atoms with Crippen molar-refractivity contribution in [2.75, 3.05) is 11.9 Å². The third kappa shape index (κ3) is 3.88. The number of hydrogen-bond acceptors (Lipinski definition) is 6. The smallest absolute Gasteiger partial charge is 0.311 e. The molecule has 112 valence electrons. The van der Waals surface area contributed by atoms with Crippen molar-refractivity contribution in [2.24, 2.45) is 0 Å². The minimum Gasteiger partial charge on any atom is -0.466 e. The summed E-state index contributed by atoms with van der Waals surface area (Å²) in [7, 11) is 0. The van der Waals surface area contributed by atoms with Gasteiger partial charge in [-0.05, 0) is 19.9 Å². The van der Waals surface area contributed by atoms with Gasteiger partial charge in [0.15, 0.2) is 5.13 Å². The number of aryl methyl sites for hydroxylation is 1. The predicted octanol–water partition coefficient (Wildman–Crippen LogP) is 1.72. The minimum atomic E-state index is -0.329. The highest BCUT2D eigenvalue weighted by molar-refractivity contribution is 7.14. The SMILES string of the molecule is CCOC(=O)Cc1csc(NC(=O)c2ccnn2CC)n1. The van der Waals surface area contributed by atoms with E-state index in [0.717, 1.165) is 0 Å². The quantitative estimate of drug-likeness (QED) is 0.821. The second kappa shape index (κ2) is 6.98. The normalized spacial score (nSPS) is 10.4. The third-order valence-electron chi connectivity index (χ3n) is 2.65. The van der Waals surface area contributed by atoms with Gasteiger partial charge < -0.3 is 4.74 Å². The second-order valence-electron chi connectivity index (χ2n) is 4.11. The molecule has 0 aliphatic rings. The zero-order chi connectivity index (χ0) is 15.2. The van der Waals surface area contributed by atoms with E-state index in [4.69, 9.17) is 4.74 Å². The Bertz CT molecular complexity index is 635. The molecular formula is C13H16N4O3S. The highest BCUT2D eigenvalue weighted by Gasteiger charge is 2.14. The summed E-state index contributed by atoms with van der Waals surface area (Å²) in [5.74, 6) is -0.601. The fraction of sp³-hybridized carbons (Fsp3) is 0.385. The number of nitrogens with zero attached hydrogens (tertiary/aromatic N) is 3. The van der Waals surface area contributed by atoms with Gasteiger partial charge in [0, 0.05) is 18.1 Å². The third-order valence-corrected chi connectivity index (χ3v) is 3.46. The lowest BCUT2D eigenvalue weighted by Gasteiger charge is -2.03. The minimum absolute atomic E-state index is 0.104. The maximum atomic E-state index is 12.1. The molecule has 7 nitrogen and oxygen atoms in total. The van der Waals surface area contributed by atoms with Gasteiger partial charge in [0.1, 0.15) is 5.69 Å². The molecule has 0 radical (unpaired) electrons. The van der Waals surface area contributed by atoms with Gasteiger partial charge in [0.05, 0.1) is 18.7 Å². The van der Waals surface area contributed by atoms with Crippen molar-refractivity contribution in [3.05, 3.63) is 29.0 Å². The zero-order valence-electron chi connectivity index (χ0n) is 11.8. The molecule has 0 saturated heterocycles. The van der Waals surface area contributed by atoms with Gasteiger partial charge in [-0.1, -0.05) is 0 Å². The first-order valence-electron chi connectivity index (χ1n) is 6.57. The molecule has 0 spiro atoms. The van der Waals surface area contributed by atoms with Crippen LogP contribution in [-0.4, -0.2) is 33.2 Å². The lowest BCUT2D eigenvalue weighted by Crippen LogP contribution is -2.17. The van der Waals surface area contributed by atoms with E-state index in [1.54, 1.807) is 29.2 Å². The van der Waals surface area contributed by atoms with Gasteiger partial charge in [0.25, 0.3) is 5.91 Å². The van der Waals surface area contributed by atoms with E-state index >= 15 is 0 Å². The Morgan fingerprint density at radius 3 is 2.95 bits per heavy atom. The van der Waals surface area contributed by atoms with E-state index < -0.39 is 0 Å². The molecular weight excluding hydrogens is 292 g/mol. The number of amides is 1. The van der Waals surface area contributed by atoms with Crippen LogP contribution in [-0.2, 0) is 22.5 Å². The van der Waals surface area contributed by atoms with Gasteiger partial charge in [-0.3, -0.25) is 19.6 Å². The summed E-state index contributed by atoms with van der Waals surface area (Å²) in [5, 5.41) is 8.91. The second-order valence-corrected chi connectivity index (χ2v) is 4.97. The lowest BCUT2D eigenvalue weighted by atomic mass is 10.3. The first-order valence-corrected chi connectivity index (χ1v) is 7.45. The molecule has 8 heteroatoms. The average molecular weight is 308 g/mol. The summed E-state index contributed by atoms with van der Waals surface area (Å²) < 4.78 is 6.45. The first-order chi connectivity index (χ1) is 10.1. The number of rotatable bonds is 6. The summed E-state index contributed by atoms with van der Waals surface area (Å²) in [5.41, 5.74) is 1.05. The van der Waals surface area contributed by atoms with E-state index in [1.165, 1.54) is 11.3 Å². The lowest BCUT2D eigenvalue weighted by molar-refractivity contribution is -0.142. The van der Waals surface area contributed by atoms with Gasteiger partial charge in [-0.25, -0.2) is 4.98 Å². The average Bonchev–Trinajstić information content (AvgIpc) is 3.07. The maximum Gasteiger partial charge on any atom is 0.311 e. The first kappa shape index (κ1) is 15.2. The van der Waals surface area contributed by atoms with E-state index in [0.29, 0.717) is 29.7 Å². The van der Waals surface area contributed by atoms with Gasteiger partial charge in [-0.15, -0.1) is 11.3 Å². The molecule has 0 aliphatic heterocycles. The zero-order valence-corrected chi connectivity index (χ0v) is 12.6. The molecule has 0 fully saturated rings. The van der Waals surface area contributed by atoms with E-state index in [1.807, 2.05) is 6.92 Å². The monoisotopic (exact) mass is 308 g/mol. The predicted molar refractivity (Wildman–Crippen MR) is 78.3 cm³/mol. The molecule has 0 saturated carbocycles. The van der Waals surface area contributed by atoms with Crippen LogP contribution < -0.4 is 5.32 Å². The Morgan fingerprint density at radius 2 is 2.24 bits per heavy atom. The number of anilines is 1. The van der Waals surface area contributed by atoms with Crippen molar-refractivity contribution in [3.63, 3.8) is 0 Å². The van der Waals surface area contributed by atoms with Crippen LogP contribution >= 0.6 is 11.3 Å². The standard InChI is InChI=1S/C13H16N4O3S/c1-3-17-10(5-6-14-17)12(19)16-13-15-9(8-21-13)7-11(18)20-4-2/h5-6,8H,3-4,7H2,1-2H3,(H,15,16,19). The number of aromatic nitrogens is 3. The molecule has 2 heterocycles. The highest BCUT2D eigenvalue weighted by atomic mass is 32.1. The van der Waals surface area contributed by atoms with Crippen LogP contribution in [0.5, 0.6) is 0 Å². The Labute approximate surface area is 125 Å². The van der Waals surface area contributed by atoms with Crippen molar-refractivity contribution in [2.45, 2.75) is 26.8 Å². The van der Waals surface area contributed by atoms with Crippen LogP contribution in [0.3, 0.4) is 0 Å². The number of hydrogen-bond donors (Lipinski definition) is 1. The summed E-state index contributed by atoms with van der Waals surface area (Å²) >= 11 is 1.27. The summed E-state index contributed by atoms with van der Waals surface area (Å²) in [6, 6.07) is 1.64. The van der Waals surface area contributed by atoms with Crippen molar-refractivity contribution in [1.29, 1.82) is 0 Å². The Morgan fingerprint density at radius 1 is 1.43 bits per heavy atom. The molecule has 0 atom stereocenters. The largest absolute Gasteiger partial charge is 0.466 e. The Hall–Kier alpha value is -2.22. The number of ether oxygens (including phenoxy) is 1. The molecule has 21 heavy (non-hydrogen) atoms. The summed E-state index contributed by atoms with van der Waals surface area (Å²) in [6.45, 7) is 4.61. The van der Waals surface area contributed by atoms with Crippen LogP contribution in [0.2, 0.25) is 0 Å². The summed E-state index contributed by atoms with van der Waals surface area (Å²) in [6.07, 6.45) is 1.68. The molecule has 0 aromatic carbocycles. The molecule has 0 bridgehead atoms. The molecule has 0 aliphatic carbocycles. The van der Waals surface area contributed by atoms with Crippen LogP contribution in [0.25, 0.3) is 0 Å². The number of carbonyl (C=O) groups is 2. The van der Waals surface area contributed by atoms with Crippen molar-refractivity contribution in [3.8, 4) is 0 Å². The van der Waals surface area contributed by atoms with E-state index in [-0.39, 0.29) is 18.3 Å². The number of nitrogens with one attached hydrogen (secondary N) is 1.